The van der Waals surface area contributed by atoms with Gasteiger partial charge in [-0.2, -0.15) is 0 Å². The van der Waals surface area contributed by atoms with Crippen molar-refractivity contribution in [2.45, 2.75) is 19.3 Å². The molecule has 4 nitrogen and oxygen atoms in total. The molecule has 2 rings (SSSR count). The smallest absolute Gasteiger partial charge is 0.307 e. The SMILES string of the molecule is O=C(O)C/C=C(\CC(=O)O)Cc1ccc2ccccc2c1. The van der Waals surface area contributed by atoms with Gasteiger partial charge in [-0.1, -0.05) is 54.1 Å². The molecule has 108 valence electrons. The lowest BCUT2D eigenvalue weighted by atomic mass is 9.99. The minimum absolute atomic E-state index is 0.139. The highest BCUT2D eigenvalue weighted by molar-refractivity contribution is 5.83. The summed E-state index contributed by atoms with van der Waals surface area (Å²) in [4.78, 5) is 21.5. The van der Waals surface area contributed by atoms with Gasteiger partial charge in [-0.25, -0.2) is 0 Å². The average molecular weight is 284 g/mol. The van der Waals surface area contributed by atoms with Gasteiger partial charge in [0.15, 0.2) is 0 Å². The number of carboxylic acid groups (broad SMARTS) is 2. The highest BCUT2D eigenvalue weighted by atomic mass is 16.4. The summed E-state index contributed by atoms with van der Waals surface area (Å²) in [5.41, 5.74) is 1.59. The fourth-order valence-corrected chi connectivity index (χ4v) is 2.24. The Labute approximate surface area is 122 Å². The van der Waals surface area contributed by atoms with Crippen LogP contribution in [0.5, 0.6) is 0 Å². The molecular weight excluding hydrogens is 268 g/mol. The van der Waals surface area contributed by atoms with Crippen LogP contribution in [0.2, 0.25) is 0 Å². The molecule has 0 aliphatic heterocycles. The molecule has 0 aliphatic rings. The van der Waals surface area contributed by atoms with Crippen molar-refractivity contribution in [1.82, 2.24) is 0 Å². The zero-order valence-corrected chi connectivity index (χ0v) is 11.5. The number of carboxylic acids is 2. The summed E-state index contributed by atoms with van der Waals surface area (Å²) >= 11 is 0. The standard InChI is InChI=1S/C17H16O4/c18-16(19)8-6-13(11-17(20)21)9-12-5-7-14-3-1-2-4-15(14)10-12/h1-7,10H,8-9,11H2,(H,18,19)(H,20,21)/b13-6-. The lowest BCUT2D eigenvalue weighted by Crippen LogP contribution is -2.02. The lowest BCUT2D eigenvalue weighted by Gasteiger charge is -2.07. The predicted octanol–water partition coefficient (Wildman–Crippen LogP) is 3.26. The third kappa shape index (κ3) is 4.45. The fourth-order valence-electron chi connectivity index (χ4n) is 2.24. The minimum atomic E-state index is -0.962. The van der Waals surface area contributed by atoms with Crippen LogP contribution >= 0.6 is 0 Å². The second-order valence-electron chi connectivity index (χ2n) is 4.89. The molecular formula is C17H16O4. The quantitative estimate of drug-likeness (QED) is 0.798. The number of hydrogen-bond acceptors (Lipinski definition) is 2. The Morgan fingerprint density at radius 1 is 0.952 bits per heavy atom. The molecule has 0 unspecified atom stereocenters. The second-order valence-corrected chi connectivity index (χ2v) is 4.89. The van der Waals surface area contributed by atoms with E-state index in [0.29, 0.717) is 12.0 Å². The fraction of sp³-hybridized carbons (Fsp3) is 0.176. The van der Waals surface area contributed by atoms with E-state index in [4.69, 9.17) is 10.2 Å². The summed E-state index contributed by atoms with van der Waals surface area (Å²) in [5.74, 6) is -1.91. The Balaban J connectivity index is 2.22. The molecule has 2 aromatic carbocycles. The van der Waals surface area contributed by atoms with Crippen LogP contribution in [0.15, 0.2) is 54.1 Å². The van der Waals surface area contributed by atoms with Gasteiger partial charge in [0.05, 0.1) is 12.8 Å². The van der Waals surface area contributed by atoms with Crippen LogP contribution in [0.1, 0.15) is 18.4 Å². The van der Waals surface area contributed by atoms with Crippen LogP contribution in [-0.2, 0) is 16.0 Å². The van der Waals surface area contributed by atoms with E-state index in [0.717, 1.165) is 16.3 Å². The third-order valence-electron chi connectivity index (χ3n) is 3.19. The van der Waals surface area contributed by atoms with E-state index >= 15 is 0 Å². The van der Waals surface area contributed by atoms with Gasteiger partial charge in [0, 0.05) is 0 Å². The Kier molecular flexibility index (Phi) is 4.72. The number of rotatable bonds is 6. The zero-order chi connectivity index (χ0) is 15.2. The monoisotopic (exact) mass is 284 g/mol. The van der Waals surface area contributed by atoms with Crippen molar-refractivity contribution in [2.75, 3.05) is 0 Å². The molecule has 0 spiro atoms. The van der Waals surface area contributed by atoms with E-state index in [-0.39, 0.29) is 12.8 Å². The highest BCUT2D eigenvalue weighted by Crippen LogP contribution is 2.19. The van der Waals surface area contributed by atoms with E-state index in [1.807, 2.05) is 42.5 Å². The van der Waals surface area contributed by atoms with Crippen molar-refractivity contribution >= 4 is 22.7 Å². The van der Waals surface area contributed by atoms with E-state index in [1.54, 1.807) is 0 Å². The average Bonchev–Trinajstić information content (AvgIpc) is 2.44. The number of aliphatic carboxylic acids is 2. The first-order valence-corrected chi connectivity index (χ1v) is 6.64. The van der Waals surface area contributed by atoms with E-state index in [1.165, 1.54) is 6.08 Å². The molecule has 0 bridgehead atoms. The Hall–Kier alpha value is -2.62. The first kappa shape index (κ1) is 14.8. The Bertz CT molecular complexity index is 701. The van der Waals surface area contributed by atoms with Crippen molar-refractivity contribution in [3.05, 3.63) is 59.7 Å². The van der Waals surface area contributed by atoms with Gasteiger partial charge in [-0.3, -0.25) is 9.59 Å². The van der Waals surface area contributed by atoms with Gasteiger partial charge < -0.3 is 10.2 Å². The van der Waals surface area contributed by atoms with Gasteiger partial charge in [0.1, 0.15) is 0 Å². The molecule has 0 amide bonds. The molecule has 0 aliphatic carbocycles. The molecule has 2 aromatic rings. The van der Waals surface area contributed by atoms with E-state index < -0.39 is 11.9 Å². The predicted molar refractivity (Wildman–Crippen MR) is 80.2 cm³/mol. The van der Waals surface area contributed by atoms with Crippen LogP contribution < -0.4 is 0 Å². The Morgan fingerprint density at radius 3 is 2.33 bits per heavy atom. The van der Waals surface area contributed by atoms with Crippen molar-refractivity contribution in [3.63, 3.8) is 0 Å². The molecule has 21 heavy (non-hydrogen) atoms. The van der Waals surface area contributed by atoms with Crippen LogP contribution in [0.25, 0.3) is 10.8 Å². The highest BCUT2D eigenvalue weighted by Gasteiger charge is 2.07. The van der Waals surface area contributed by atoms with Crippen molar-refractivity contribution in [2.24, 2.45) is 0 Å². The third-order valence-corrected chi connectivity index (χ3v) is 3.19. The molecule has 4 heteroatoms. The van der Waals surface area contributed by atoms with Crippen LogP contribution in [-0.4, -0.2) is 22.2 Å². The van der Waals surface area contributed by atoms with Crippen LogP contribution in [0, 0.1) is 0 Å². The van der Waals surface area contributed by atoms with Crippen LogP contribution in [0.4, 0.5) is 0 Å². The molecule has 0 saturated carbocycles. The summed E-state index contributed by atoms with van der Waals surface area (Å²) in [6.45, 7) is 0. The number of benzene rings is 2. The van der Waals surface area contributed by atoms with Gasteiger partial charge >= 0.3 is 11.9 Å². The van der Waals surface area contributed by atoms with Gasteiger partial charge in [0.25, 0.3) is 0 Å². The number of fused-ring (bicyclic) bond motifs is 1. The molecule has 0 heterocycles. The Morgan fingerprint density at radius 2 is 1.67 bits per heavy atom. The normalized spacial score (nSPS) is 11.5. The van der Waals surface area contributed by atoms with Gasteiger partial charge in [0.2, 0.25) is 0 Å². The second kappa shape index (κ2) is 6.70. The van der Waals surface area contributed by atoms with Crippen molar-refractivity contribution in [1.29, 1.82) is 0 Å². The summed E-state index contributed by atoms with van der Waals surface area (Å²) in [5, 5.41) is 19.8. The van der Waals surface area contributed by atoms with Crippen molar-refractivity contribution < 1.29 is 19.8 Å². The summed E-state index contributed by atoms with van der Waals surface area (Å²) in [6.07, 6.45) is 1.65. The molecule has 0 saturated heterocycles. The van der Waals surface area contributed by atoms with E-state index in [2.05, 4.69) is 0 Å². The maximum Gasteiger partial charge on any atom is 0.307 e. The molecule has 0 aromatic heterocycles. The van der Waals surface area contributed by atoms with Crippen LogP contribution in [0.3, 0.4) is 0 Å². The largest absolute Gasteiger partial charge is 0.481 e. The first-order valence-electron chi connectivity index (χ1n) is 6.64. The number of carbonyl (C=O) groups is 2. The summed E-state index contributed by atoms with van der Waals surface area (Å²) < 4.78 is 0. The maximum atomic E-state index is 10.9. The van der Waals surface area contributed by atoms with Gasteiger partial charge in [-0.05, 0) is 22.8 Å². The molecule has 0 fully saturated rings. The topological polar surface area (TPSA) is 74.6 Å². The summed E-state index contributed by atoms with van der Waals surface area (Å²) in [6, 6.07) is 13.9. The van der Waals surface area contributed by atoms with Gasteiger partial charge in [-0.15, -0.1) is 0 Å². The molecule has 0 atom stereocenters. The first-order chi connectivity index (χ1) is 10.0. The maximum absolute atomic E-state index is 10.9. The zero-order valence-electron chi connectivity index (χ0n) is 11.5. The minimum Gasteiger partial charge on any atom is -0.481 e. The lowest BCUT2D eigenvalue weighted by molar-refractivity contribution is -0.137. The number of hydrogen-bond donors (Lipinski definition) is 2. The van der Waals surface area contributed by atoms with E-state index in [9.17, 15) is 9.59 Å². The molecule has 0 radical (unpaired) electrons. The van der Waals surface area contributed by atoms with Crippen molar-refractivity contribution in [3.8, 4) is 0 Å². The molecule has 2 N–H and O–H groups in total. The summed E-state index contributed by atoms with van der Waals surface area (Å²) in [7, 11) is 0.